The topological polar surface area (TPSA) is 54.2 Å². The van der Waals surface area contributed by atoms with E-state index in [9.17, 15) is 0 Å². The number of nitrogens with one attached hydrogen (secondary N) is 1. The number of anilines is 1. The number of aromatic nitrogens is 2. The summed E-state index contributed by atoms with van der Waals surface area (Å²) in [4.78, 5) is 10.9. The lowest BCUT2D eigenvalue weighted by Gasteiger charge is -2.33. The average Bonchev–Trinajstić information content (AvgIpc) is 2.85. The van der Waals surface area contributed by atoms with Crippen LogP contribution in [-0.4, -0.2) is 29.1 Å². The number of rotatable bonds is 4. The molecule has 1 fully saturated rings. The molecule has 0 radical (unpaired) electrons. The molecular formula is C16H22N4O. The minimum absolute atomic E-state index is 0.538. The van der Waals surface area contributed by atoms with Gasteiger partial charge >= 0.3 is 0 Å². The molecule has 0 bridgehead atoms. The van der Waals surface area contributed by atoms with Crippen LogP contribution in [0.25, 0.3) is 0 Å². The third kappa shape index (κ3) is 3.42. The molecule has 2 aromatic rings. The Bertz CT molecular complexity index is 554. The number of nitrogens with zero attached hydrogens (tertiary/aromatic N) is 3. The maximum absolute atomic E-state index is 5.60. The van der Waals surface area contributed by atoms with Crippen molar-refractivity contribution in [2.45, 2.75) is 39.3 Å². The highest BCUT2D eigenvalue weighted by atomic mass is 16.4. The molecule has 2 aromatic heterocycles. The summed E-state index contributed by atoms with van der Waals surface area (Å²) in [7, 11) is 0. The molecule has 112 valence electrons. The van der Waals surface area contributed by atoms with Crippen molar-refractivity contribution in [2.24, 2.45) is 0 Å². The van der Waals surface area contributed by atoms with Gasteiger partial charge in [0.05, 0.1) is 12.2 Å². The Kier molecular flexibility index (Phi) is 4.20. The molecular weight excluding hydrogens is 264 g/mol. The fraction of sp³-hybridized carbons (Fsp3) is 0.500. The molecule has 1 aliphatic heterocycles. The molecule has 1 aliphatic rings. The molecule has 0 amide bonds. The van der Waals surface area contributed by atoms with E-state index in [4.69, 9.17) is 4.42 Å². The third-order valence-corrected chi connectivity index (χ3v) is 4.14. The predicted molar refractivity (Wildman–Crippen MR) is 82.3 cm³/mol. The van der Waals surface area contributed by atoms with Crippen LogP contribution in [0.1, 0.15) is 30.2 Å². The molecule has 5 heteroatoms. The number of hydrogen-bond donors (Lipinski definition) is 1. The first-order valence-electron chi connectivity index (χ1n) is 7.53. The molecule has 3 rings (SSSR count). The summed E-state index contributed by atoms with van der Waals surface area (Å²) in [5, 5.41) is 3.56. The summed E-state index contributed by atoms with van der Waals surface area (Å²) in [6, 6.07) is 4.69. The standard InChI is InChI=1S/C16H22N4O/c1-12-13(2)21-16(19-12)11-18-14-5-9-20(10-6-14)15-3-7-17-8-4-15/h3-4,7-8,14,18H,5-6,9-11H2,1-2H3. The Hall–Kier alpha value is -1.88. The van der Waals surface area contributed by atoms with Crippen LogP contribution in [0.4, 0.5) is 5.69 Å². The molecule has 1 N–H and O–H groups in total. The maximum Gasteiger partial charge on any atom is 0.208 e. The van der Waals surface area contributed by atoms with Gasteiger partial charge < -0.3 is 14.6 Å². The van der Waals surface area contributed by atoms with E-state index in [1.807, 2.05) is 26.2 Å². The minimum Gasteiger partial charge on any atom is -0.444 e. The van der Waals surface area contributed by atoms with E-state index >= 15 is 0 Å². The lowest BCUT2D eigenvalue weighted by atomic mass is 10.0. The molecule has 3 heterocycles. The molecule has 0 unspecified atom stereocenters. The second-order valence-corrected chi connectivity index (χ2v) is 5.60. The van der Waals surface area contributed by atoms with Crippen molar-refractivity contribution < 1.29 is 4.42 Å². The van der Waals surface area contributed by atoms with E-state index in [1.54, 1.807) is 0 Å². The van der Waals surface area contributed by atoms with E-state index in [-0.39, 0.29) is 0 Å². The molecule has 0 atom stereocenters. The minimum atomic E-state index is 0.538. The molecule has 21 heavy (non-hydrogen) atoms. The first kappa shape index (κ1) is 14.1. The van der Waals surface area contributed by atoms with E-state index < -0.39 is 0 Å². The summed E-state index contributed by atoms with van der Waals surface area (Å²) in [6.45, 7) is 6.81. The van der Waals surface area contributed by atoms with Crippen molar-refractivity contribution in [3.05, 3.63) is 41.9 Å². The van der Waals surface area contributed by atoms with Gasteiger partial charge in [0.15, 0.2) is 0 Å². The normalized spacial score (nSPS) is 16.4. The number of oxazole rings is 1. The Morgan fingerprint density at radius 2 is 1.95 bits per heavy atom. The van der Waals surface area contributed by atoms with Crippen LogP contribution >= 0.6 is 0 Å². The zero-order valence-electron chi connectivity index (χ0n) is 12.7. The number of hydrogen-bond acceptors (Lipinski definition) is 5. The average molecular weight is 286 g/mol. The highest BCUT2D eigenvalue weighted by molar-refractivity contribution is 5.44. The van der Waals surface area contributed by atoms with Gasteiger partial charge in [-0.15, -0.1) is 0 Å². The molecule has 0 aromatic carbocycles. The monoisotopic (exact) mass is 286 g/mol. The zero-order valence-corrected chi connectivity index (χ0v) is 12.7. The van der Waals surface area contributed by atoms with Gasteiger partial charge in [0.2, 0.25) is 5.89 Å². The Balaban J connectivity index is 1.48. The fourth-order valence-corrected chi connectivity index (χ4v) is 2.74. The Morgan fingerprint density at radius 3 is 2.57 bits per heavy atom. The fourth-order valence-electron chi connectivity index (χ4n) is 2.74. The quantitative estimate of drug-likeness (QED) is 0.935. The van der Waals surface area contributed by atoms with E-state index in [0.29, 0.717) is 12.6 Å². The largest absolute Gasteiger partial charge is 0.444 e. The van der Waals surface area contributed by atoms with E-state index in [1.165, 1.54) is 5.69 Å². The number of pyridine rings is 1. The van der Waals surface area contributed by atoms with Crippen LogP contribution in [-0.2, 0) is 6.54 Å². The van der Waals surface area contributed by atoms with Gasteiger partial charge in [-0.25, -0.2) is 4.98 Å². The highest BCUT2D eigenvalue weighted by Gasteiger charge is 2.19. The second kappa shape index (κ2) is 6.26. The predicted octanol–water partition coefficient (Wildman–Crippen LogP) is 2.45. The van der Waals surface area contributed by atoms with Crippen molar-refractivity contribution in [3.8, 4) is 0 Å². The molecule has 0 aliphatic carbocycles. The van der Waals surface area contributed by atoms with Gasteiger partial charge in [-0.1, -0.05) is 0 Å². The third-order valence-electron chi connectivity index (χ3n) is 4.14. The first-order valence-corrected chi connectivity index (χ1v) is 7.53. The summed E-state index contributed by atoms with van der Waals surface area (Å²) in [5.74, 6) is 1.71. The van der Waals surface area contributed by atoms with E-state index in [0.717, 1.165) is 43.3 Å². The van der Waals surface area contributed by atoms with Crippen molar-refractivity contribution in [2.75, 3.05) is 18.0 Å². The van der Waals surface area contributed by atoms with Crippen molar-refractivity contribution in [1.82, 2.24) is 15.3 Å². The van der Waals surface area contributed by atoms with Gasteiger partial charge in [0.25, 0.3) is 0 Å². The van der Waals surface area contributed by atoms with Crippen molar-refractivity contribution in [1.29, 1.82) is 0 Å². The van der Waals surface area contributed by atoms with Crippen LogP contribution in [0.5, 0.6) is 0 Å². The smallest absolute Gasteiger partial charge is 0.208 e. The lowest BCUT2D eigenvalue weighted by Crippen LogP contribution is -2.42. The number of aryl methyl sites for hydroxylation is 2. The summed E-state index contributed by atoms with van der Waals surface area (Å²) >= 11 is 0. The summed E-state index contributed by atoms with van der Waals surface area (Å²) in [6.07, 6.45) is 5.99. The van der Waals surface area contributed by atoms with Crippen LogP contribution in [0, 0.1) is 13.8 Å². The molecule has 0 saturated carbocycles. The van der Waals surface area contributed by atoms with Crippen LogP contribution in [0.3, 0.4) is 0 Å². The molecule has 5 nitrogen and oxygen atoms in total. The van der Waals surface area contributed by atoms with Crippen LogP contribution in [0.2, 0.25) is 0 Å². The second-order valence-electron chi connectivity index (χ2n) is 5.60. The maximum atomic E-state index is 5.60. The Labute approximate surface area is 125 Å². The molecule has 0 spiro atoms. The van der Waals surface area contributed by atoms with Crippen molar-refractivity contribution in [3.63, 3.8) is 0 Å². The molecule has 1 saturated heterocycles. The van der Waals surface area contributed by atoms with Gasteiger partial charge in [0, 0.05) is 37.2 Å². The van der Waals surface area contributed by atoms with Gasteiger partial charge in [-0.05, 0) is 38.8 Å². The summed E-state index contributed by atoms with van der Waals surface area (Å²) in [5.41, 5.74) is 2.25. The number of piperidine rings is 1. The highest BCUT2D eigenvalue weighted by Crippen LogP contribution is 2.19. The first-order chi connectivity index (χ1) is 10.2. The van der Waals surface area contributed by atoms with E-state index in [2.05, 4.69) is 32.3 Å². The summed E-state index contributed by atoms with van der Waals surface area (Å²) < 4.78 is 5.60. The van der Waals surface area contributed by atoms with Gasteiger partial charge in [-0.3, -0.25) is 4.98 Å². The van der Waals surface area contributed by atoms with Crippen LogP contribution in [0.15, 0.2) is 28.9 Å². The van der Waals surface area contributed by atoms with Crippen LogP contribution < -0.4 is 10.2 Å². The zero-order chi connectivity index (χ0) is 14.7. The van der Waals surface area contributed by atoms with Gasteiger partial charge in [-0.2, -0.15) is 0 Å². The lowest BCUT2D eigenvalue weighted by molar-refractivity contribution is 0.378. The van der Waals surface area contributed by atoms with Gasteiger partial charge in [0.1, 0.15) is 5.76 Å². The van der Waals surface area contributed by atoms with Crippen molar-refractivity contribution >= 4 is 5.69 Å². The Morgan fingerprint density at radius 1 is 1.24 bits per heavy atom. The SMILES string of the molecule is Cc1nc(CNC2CCN(c3ccncc3)CC2)oc1C.